The fourth-order valence-electron chi connectivity index (χ4n) is 1.62. The quantitative estimate of drug-likeness (QED) is 0.644. The van der Waals surface area contributed by atoms with Gasteiger partial charge in [0, 0.05) is 12.1 Å². The monoisotopic (exact) mass is 157 g/mol. The normalized spacial score (nSPS) is 24.3. The second-order valence-corrected chi connectivity index (χ2v) is 3.72. The lowest BCUT2D eigenvalue weighted by Crippen LogP contribution is -2.52. The molecule has 0 saturated heterocycles. The van der Waals surface area contributed by atoms with Crippen LogP contribution in [-0.2, 0) is 0 Å². The third-order valence-corrected chi connectivity index (χ3v) is 2.76. The molecular formula is C9H19NO. The molecule has 2 heteroatoms. The van der Waals surface area contributed by atoms with E-state index in [2.05, 4.69) is 12.2 Å². The number of β-amino-alcohol motifs (C(OH)–C–C–N with tert-alkyl or cyclic N) is 1. The van der Waals surface area contributed by atoms with Gasteiger partial charge in [0.15, 0.2) is 0 Å². The smallest absolute Gasteiger partial charge is 0.0636 e. The molecule has 1 aliphatic carbocycles. The van der Waals surface area contributed by atoms with E-state index in [1.807, 2.05) is 6.92 Å². The van der Waals surface area contributed by atoms with E-state index in [4.69, 9.17) is 5.11 Å². The Morgan fingerprint density at radius 1 is 1.55 bits per heavy atom. The molecular weight excluding hydrogens is 138 g/mol. The van der Waals surface area contributed by atoms with Gasteiger partial charge in [-0.2, -0.15) is 0 Å². The van der Waals surface area contributed by atoms with Crippen LogP contribution in [0.2, 0.25) is 0 Å². The summed E-state index contributed by atoms with van der Waals surface area (Å²) in [6.45, 7) is 4.79. The summed E-state index contributed by atoms with van der Waals surface area (Å²) in [5, 5.41) is 12.5. The maximum Gasteiger partial charge on any atom is 0.0636 e. The first kappa shape index (κ1) is 9.01. The van der Waals surface area contributed by atoms with Crippen molar-refractivity contribution in [3.05, 3.63) is 0 Å². The van der Waals surface area contributed by atoms with Crippen LogP contribution in [0.4, 0.5) is 0 Å². The molecule has 0 amide bonds. The number of rotatable bonds is 4. The Bertz CT molecular complexity index is 113. The average molecular weight is 157 g/mol. The van der Waals surface area contributed by atoms with E-state index in [0.717, 1.165) is 6.54 Å². The molecule has 66 valence electrons. The van der Waals surface area contributed by atoms with Crippen molar-refractivity contribution < 1.29 is 5.11 Å². The summed E-state index contributed by atoms with van der Waals surface area (Å²) in [7, 11) is 0. The molecule has 0 heterocycles. The maximum absolute atomic E-state index is 9.07. The van der Waals surface area contributed by atoms with Crippen LogP contribution in [0.5, 0.6) is 0 Å². The molecule has 1 rings (SSSR count). The third kappa shape index (κ3) is 2.17. The number of hydrogen-bond donors (Lipinski definition) is 2. The Morgan fingerprint density at radius 2 is 2.18 bits per heavy atom. The Balaban J connectivity index is 2.22. The van der Waals surface area contributed by atoms with Crippen molar-refractivity contribution in [2.24, 2.45) is 0 Å². The summed E-state index contributed by atoms with van der Waals surface area (Å²) < 4.78 is 0. The third-order valence-electron chi connectivity index (χ3n) is 2.76. The molecule has 1 fully saturated rings. The van der Waals surface area contributed by atoms with E-state index in [1.54, 1.807) is 0 Å². The summed E-state index contributed by atoms with van der Waals surface area (Å²) in [6, 6.07) is 0. The number of hydrogen-bond acceptors (Lipinski definition) is 2. The van der Waals surface area contributed by atoms with E-state index in [-0.39, 0.29) is 6.10 Å². The predicted octanol–water partition coefficient (Wildman–Crippen LogP) is 1.29. The van der Waals surface area contributed by atoms with Gasteiger partial charge in [-0.15, -0.1) is 0 Å². The van der Waals surface area contributed by atoms with Crippen LogP contribution in [0.15, 0.2) is 0 Å². The highest BCUT2D eigenvalue weighted by atomic mass is 16.3. The lowest BCUT2D eigenvalue weighted by molar-refractivity contribution is 0.128. The summed E-state index contributed by atoms with van der Waals surface area (Å²) in [4.78, 5) is 0. The average Bonchev–Trinajstić information content (AvgIpc) is 1.86. The fourth-order valence-corrected chi connectivity index (χ4v) is 1.62. The summed E-state index contributed by atoms with van der Waals surface area (Å²) in [5.41, 5.74) is 0.386. The van der Waals surface area contributed by atoms with Gasteiger partial charge < -0.3 is 10.4 Å². The van der Waals surface area contributed by atoms with Crippen LogP contribution in [0.1, 0.15) is 39.5 Å². The van der Waals surface area contributed by atoms with Gasteiger partial charge in [-0.25, -0.2) is 0 Å². The van der Waals surface area contributed by atoms with Gasteiger partial charge >= 0.3 is 0 Å². The Kier molecular flexibility index (Phi) is 2.90. The van der Waals surface area contributed by atoms with E-state index < -0.39 is 0 Å². The molecule has 0 aromatic heterocycles. The minimum Gasteiger partial charge on any atom is -0.392 e. The topological polar surface area (TPSA) is 32.3 Å². The zero-order valence-electron chi connectivity index (χ0n) is 7.56. The lowest BCUT2D eigenvalue weighted by Gasteiger charge is -2.42. The van der Waals surface area contributed by atoms with Gasteiger partial charge in [0.2, 0.25) is 0 Å². The minimum atomic E-state index is -0.209. The molecule has 0 spiro atoms. The van der Waals surface area contributed by atoms with E-state index in [0.29, 0.717) is 5.54 Å². The lowest BCUT2D eigenvalue weighted by atomic mass is 9.75. The van der Waals surface area contributed by atoms with Gasteiger partial charge in [0.25, 0.3) is 0 Å². The highest BCUT2D eigenvalue weighted by Crippen LogP contribution is 2.34. The van der Waals surface area contributed by atoms with Crippen molar-refractivity contribution in [1.29, 1.82) is 0 Å². The van der Waals surface area contributed by atoms with Crippen LogP contribution in [0.25, 0.3) is 0 Å². The van der Waals surface area contributed by atoms with Gasteiger partial charge in [-0.1, -0.05) is 6.92 Å². The molecule has 1 atom stereocenters. The molecule has 0 unspecified atom stereocenters. The molecule has 0 aromatic carbocycles. The minimum absolute atomic E-state index is 0.209. The molecule has 1 aliphatic rings. The first-order valence-electron chi connectivity index (χ1n) is 4.62. The summed E-state index contributed by atoms with van der Waals surface area (Å²) in [6.07, 6.45) is 4.91. The first-order valence-corrected chi connectivity index (χ1v) is 4.62. The number of aliphatic hydroxyl groups is 1. The van der Waals surface area contributed by atoms with Crippen LogP contribution in [0.3, 0.4) is 0 Å². The van der Waals surface area contributed by atoms with Crippen LogP contribution in [0, 0.1) is 0 Å². The molecule has 1 saturated carbocycles. The van der Waals surface area contributed by atoms with Gasteiger partial charge in [-0.05, 0) is 32.6 Å². The van der Waals surface area contributed by atoms with Crippen molar-refractivity contribution in [3.8, 4) is 0 Å². The highest BCUT2D eigenvalue weighted by molar-refractivity contribution is 4.94. The predicted molar refractivity (Wildman–Crippen MR) is 46.6 cm³/mol. The molecule has 11 heavy (non-hydrogen) atoms. The zero-order chi connectivity index (χ0) is 8.32. The Morgan fingerprint density at radius 3 is 2.45 bits per heavy atom. The van der Waals surface area contributed by atoms with E-state index >= 15 is 0 Å². The highest BCUT2D eigenvalue weighted by Gasteiger charge is 2.34. The first-order chi connectivity index (χ1) is 5.18. The molecule has 2 nitrogen and oxygen atoms in total. The van der Waals surface area contributed by atoms with Crippen molar-refractivity contribution >= 4 is 0 Å². The molecule has 2 N–H and O–H groups in total. The molecule has 0 bridgehead atoms. The van der Waals surface area contributed by atoms with Crippen LogP contribution in [-0.4, -0.2) is 23.3 Å². The van der Waals surface area contributed by atoms with Gasteiger partial charge in [0.05, 0.1) is 6.10 Å². The Hall–Kier alpha value is -0.0800. The van der Waals surface area contributed by atoms with E-state index in [1.165, 1.54) is 25.7 Å². The Labute approximate surface area is 69.0 Å². The second kappa shape index (κ2) is 3.55. The van der Waals surface area contributed by atoms with Crippen molar-refractivity contribution in [3.63, 3.8) is 0 Å². The van der Waals surface area contributed by atoms with Crippen molar-refractivity contribution in [2.45, 2.75) is 51.2 Å². The van der Waals surface area contributed by atoms with Crippen molar-refractivity contribution in [1.82, 2.24) is 5.32 Å². The zero-order valence-corrected chi connectivity index (χ0v) is 7.56. The summed E-state index contributed by atoms with van der Waals surface area (Å²) >= 11 is 0. The van der Waals surface area contributed by atoms with Crippen LogP contribution >= 0.6 is 0 Å². The maximum atomic E-state index is 9.07. The molecule has 0 radical (unpaired) electrons. The number of aliphatic hydroxyl groups excluding tert-OH is 1. The van der Waals surface area contributed by atoms with Crippen molar-refractivity contribution in [2.75, 3.05) is 6.54 Å². The standard InChI is InChI=1S/C9H19NO/c1-3-9(5-4-6-9)10-7-8(2)11/h8,10-11H,3-7H2,1-2H3/t8-/m1/s1. The SMILES string of the molecule is CCC1(NC[C@@H](C)O)CCC1. The fraction of sp³-hybridized carbons (Fsp3) is 1.00. The van der Waals surface area contributed by atoms with Crippen LogP contribution < -0.4 is 5.32 Å². The van der Waals surface area contributed by atoms with Gasteiger partial charge in [-0.3, -0.25) is 0 Å². The largest absolute Gasteiger partial charge is 0.392 e. The van der Waals surface area contributed by atoms with E-state index in [9.17, 15) is 0 Å². The second-order valence-electron chi connectivity index (χ2n) is 3.72. The van der Waals surface area contributed by atoms with Gasteiger partial charge in [0.1, 0.15) is 0 Å². The number of nitrogens with one attached hydrogen (secondary N) is 1. The molecule has 0 aliphatic heterocycles. The molecule has 0 aromatic rings. The summed E-state index contributed by atoms with van der Waals surface area (Å²) in [5.74, 6) is 0.